The van der Waals surface area contributed by atoms with E-state index in [0.717, 1.165) is 50.0 Å². The largest absolute Gasteiger partial charge is 0.255 e. The van der Waals surface area contributed by atoms with E-state index in [1.54, 1.807) is 6.20 Å². The van der Waals surface area contributed by atoms with Crippen LogP contribution in [0.5, 0.6) is 0 Å². The average Bonchev–Trinajstić information content (AvgIpc) is 3.37. The number of rotatable bonds is 3. The van der Waals surface area contributed by atoms with Crippen molar-refractivity contribution in [3.05, 3.63) is 116 Å². The molecule has 0 N–H and O–H groups in total. The number of pyridine rings is 3. The van der Waals surface area contributed by atoms with Crippen molar-refractivity contribution in [2.45, 2.75) is 0 Å². The second kappa shape index (κ2) is 7.85. The summed E-state index contributed by atoms with van der Waals surface area (Å²) in [4.78, 5) is 14.4. The Kier molecular flexibility index (Phi) is 4.39. The highest BCUT2D eigenvalue weighted by molar-refractivity contribution is 6.10. The fourth-order valence-electron chi connectivity index (χ4n) is 4.61. The van der Waals surface area contributed by atoms with E-state index in [2.05, 4.69) is 47.4 Å². The van der Waals surface area contributed by atoms with Gasteiger partial charge in [-0.15, -0.1) is 5.10 Å². The first-order valence-electron chi connectivity index (χ1n) is 11.5. The molecule has 0 bridgehead atoms. The molecule has 0 fully saturated rings. The van der Waals surface area contributed by atoms with Crippen LogP contribution in [0.2, 0.25) is 0 Å². The minimum absolute atomic E-state index is 0.656. The summed E-state index contributed by atoms with van der Waals surface area (Å²) in [6.07, 6.45) is 3.82. The number of para-hydroxylation sites is 1. The molecule has 5 nitrogen and oxygen atoms in total. The molecule has 0 saturated carbocycles. The molecule has 0 unspecified atom stereocenters. The summed E-state index contributed by atoms with van der Waals surface area (Å²) >= 11 is 0. The van der Waals surface area contributed by atoms with E-state index in [-0.39, 0.29) is 0 Å². The molecule has 35 heavy (non-hydrogen) atoms. The SMILES string of the molecule is c1ccc(-c2ccc3nc(-c4ccnc(-c5nc6ccccc6c6ccccc56)c4)nn3c2)cc1. The van der Waals surface area contributed by atoms with Crippen molar-refractivity contribution >= 4 is 27.3 Å². The third-order valence-electron chi connectivity index (χ3n) is 6.31. The van der Waals surface area contributed by atoms with Gasteiger partial charge in [0.15, 0.2) is 11.5 Å². The molecule has 0 atom stereocenters. The quantitative estimate of drug-likeness (QED) is 0.278. The summed E-state index contributed by atoms with van der Waals surface area (Å²) in [7, 11) is 0. The number of nitrogens with zero attached hydrogens (tertiary/aromatic N) is 5. The number of hydrogen-bond acceptors (Lipinski definition) is 4. The monoisotopic (exact) mass is 449 g/mol. The van der Waals surface area contributed by atoms with Crippen molar-refractivity contribution in [1.29, 1.82) is 0 Å². The highest BCUT2D eigenvalue weighted by Crippen LogP contribution is 2.32. The lowest BCUT2D eigenvalue weighted by molar-refractivity contribution is 0.967. The standard InChI is InChI=1S/C30H19N5/c1-2-8-20(9-3-1)22-14-15-28-33-30(34-35(28)19-22)21-16-17-31-27(18-21)29-25-12-5-4-10-23(25)24-11-6-7-13-26(24)32-29/h1-19H. The van der Waals surface area contributed by atoms with E-state index in [0.29, 0.717) is 5.82 Å². The molecule has 0 saturated heterocycles. The van der Waals surface area contributed by atoms with Crippen molar-refractivity contribution in [2.24, 2.45) is 0 Å². The zero-order chi connectivity index (χ0) is 23.2. The molecule has 0 aliphatic carbocycles. The van der Waals surface area contributed by atoms with Crippen LogP contribution in [-0.2, 0) is 0 Å². The van der Waals surface area contributed by atoms with E-state index >= 15 is 0 Å². The van der Waals surface area contributed by atoms with Crippen LogP contribution < -0.4 is 0 Å². The maximum Gasteiger partial charge on any atom is 0.182 e. The fraction of sp³-hybridized carbons (Fsp3) is 0. The van der Waals surface area contributed by atoms with Crippen LogP contribution in [0.1, 0.15) is 0 Å². The first-order valence-corrected chi connectivity index (χ1v) is 11.5. The van der Waals surface area contributed by atoms with Gasteiger partial charge in [-0.2, -0.15) is 0 Å². The molecule has 0 amide bonds. The predicted octanol–water partition coefficient (Wildman–Crippen LogP) is 6.83. The molecule has 7 aromatic rings. The van der Waals surface area contributed by atoms with Crippen LogP contribution in [0.3, 0.4) is 0 Å². The van der Waals surface area contributed by atoms with E-state index in [1.165, 1.54) is 5.39 Å². The Hall–Kier alpha value is -4.90. The highest BCUT2D eigenvalue weighted by atomic mass is 15.3. The zero-order valence-corrected chi connectivity index (χ0v) is 18.7. The maximum absolute atomic E-state index is 4.99. The molecule has 0 radical (unpaired) electrons. The fourth-order valence-corrected chi connectivity index (χ4v) is 4.61. The van der Waals surface area contributed by atoms with Gasteiger partial charge in [-0.1, -0.05) is 72.8 Å². The summed E-state index contributed by atoms with van der Waals surface area (Å²) in [6.45, 7) is 0. The van der Waals surface area contributed by atoms with Crippen LogP contribution in [0.4, 0.5) is 0 Å². The van der Waals surface area contributed by atoms with Crippen molar-refractivity contribution in [2.75, 3.05) is 0 Å². The Balaban J connectivity index is 1.36. The average molecular weight is 450 g/mol. The lowest BCUT2D eigenvalue weighted by Gasteiger charge is -2.09. The smallest absolute Gasteiger partial charge is 0.182 e. The van der Waals surface area contributed by atoms with Crippen LogP contribution in [0.25, 0.3) is 61.2 Å². The summed E-state index contributed by atoms with van der Waals surface area (Å²) in [5.41, 5.74) is 6.55. The van der Waals surface area contributed by atoms with Gasteiger partial charge in [0.2, 0.25) is 0 Å². The van der Waals surface area contributed by atoms with Crippen molar-refractivity contribution in [3.63, 3.8) is 0 Å². The van der Waals surface area contributed by atoms with Gasteiger partial charge in [0.1, 0.15) is 0 Å². The molecule has 0 spiro atoms. The van der Waals surface area contributed by atoms with Gasteiger partial charge < -0.3 is 0 Å². The highest BCUT2D eigenvalue weighted by Gasteiger charge is 2.14. The van der Waals surface area contributed by atoms with Gasteiger partial charge >= 0.3 is 0 Å². The second-order valence-electron chi connectivity index (χ2n) is 8.47. The molecule has 7 rings (SSSR count). The second-order valence-corrected chi connectivity index (χ2v) is 8.47. The Morgan fingerprint density at radius 3 is 2.23 bits per heavy atom. The predicted molar refractivity (Wildman–Crippen MR) is 140 cm³/mol. The third kappa shape index (κ3) is 3.33. The topological polar surface area (TPSA) is 56.0 Å². The molecule has 0 aliphatic heterocycles. The van der Waals surface area contributed by atoms with Crippen LogP contribution in [0.15, 0.2) is 116 Å². The molecule has 4 aromatic heterocycles. The van der Waals surface area contributed by atoms with E-state index < -0.39 is 0 Å². The van der Waals surface area contributed by atoms with E-state index in [9.17, 15) is 0 Å². The van der Waals surface area contributed by atoms with E-state index in [1.807, 2.05) is 71.4 Å². The van der Waals surface area contributed by atoms with Crippen LogP contribution >= 0.6 is 0 Å². The van der Waals surface area contributed by atoms with Crippen molar-refractivity contribution in [3.8, 4) is 33.9 Å². The Morgan fingerprint density at radius 2 is 1.34 bits per heavy atom. The minimum atomic E-state index is 0.656. The van der Waals surface area contributed by atoms with Gasteiger partial charge in [0.25, 0.3) is 0 Å². The first kappa shape index (κ1) is 19.6. The maximum atomic E-state index is 4.99. The summed E-state index contributed by atoms with van der Waals surface area (Å²) in [5.74, 6) is 0.656. The van der Waals surface area contributed by atoms with Gasteiger partial charge in [-0.3, -0.25) is 4.98 Å². The number of fused-ring (bicyclic) bond motifs is 4. The lowest BCUT2D eigenvalue weighted by atomic mass is 10.0. The van der Waals surface area contributed by atoms with Crippen LogP contribution in [0, 0.1) is 0 Å². The third-order valence-corrected chi connectivity index (χ3v) is 6.31. The number of benzene rings is 3. The molecule has 4 heterocycles. The normalized spacial score (nSPS) is 11.4. The van der Waals surface area contributed by atoms with Crippen molar-refractivity contribution < 1.29 is 0 Å². The zero-order valence-electron chi connectivity index (χ0n) is 18.7. The number of aromatic nitrogens is 5. The van der Waals surface area contributed by atoms with Gasteiger partial charge in [-0.05, 0) is 41.3 Å². The molecular weight excluding hydrogens is 430 g/mol. The molecule has 0 aliphatic rings. The van der Waals surface area contributed by atoms with Gasteiger partial charge in [0, 0.05) is 34.3 Å². The summed E-state index contributed by atoms with van der Waals surface area (Å²) in [6, 6.07) is 34.9. The molecule has 5 heteroatoms. The van der Waals surface area contributed by atoms with Crippen LogP contribution in [-0.4, -0.2) is 24.6 Å². The summed E-state index contributed by atoms with van der Waals surface area (Å²) < 4.78 is 1.83. The van der Waals surface area contributed by atoms with Crippen molar-refractivity contribution in [1.82, 2.24) is 24.6 Å². The molecule has 164 valence electrons. The van der Waals surface area contributed by atoms with E-state index in [4.69, 9.17) is 15.1 Å². The minimum Gasteiger partial charge on any atom is -0.255 e. The van der Waals surface area contributed by atoms with Gasteiger partial charge in [-0.25, -0.2) is 14.5 Å². The summed E-state index contributed by atoms with van der Waals surface area (Å²) in [5, 5.41) is 8.15. The first-order chi connectivity index (χ1) is 17.3. The Morgan fingerprint density at radius 1 is 0.571 bits per heavy atom. The Labute approximate surface area is 201 Å². The number of hydrogen-bond donors (Lipinski definition) is 0. The van der Waals surface area contributed by atoms with Gasteiger partial charge in [0.05, 0.1) is 16.9 Å². The molecular formula is C30H19N5. The Bertz CT molecular complexity index is 1850. The lowest BCUT2D eigenvalue weighted by Crippen LogP contribution is -1.93. The molecule has 3 aromatic carbocycles.